The van der Waals surface area contributed by atoms with Crippen molar-refractivity contribution in [2.75, 3.05) is 5.32 Å². The minimum absolute atomic E-state index is 0.182. The van der Waals surface area contributed by atoms with Gasteiger partial charge in [0.1, 0.15) is 5.82 Å². The van der Waals surface area contributed by atoms with E-state index in [2.05, 4.69) is 34.3 Å². The molecular weight excluding hydrogens is 253 g/mol. The van der Waals surface area contributed by atoms with Crippen LogP contribution in [-0.4, -0.2) is 9.97 Å². The zero-order valence-corrected chi connectivity index (χ0v) is 11.2. The largest absolute Gasteiger partial charge is 0.349 e. The van der Waals surface area contributed by atoms with Crippen LogP contribution in [0.5, 0.6) is 0 Å². The summed E-state index contributed by atoms with van der Waals surface area (Å²) in [7, 11) is 0. The van der Waals surface area contributed by atoms with E-state index in [0.29, 0.717) is 11.5 Å². The van der Waals surface area contributed by atoms with Gasteiger partial charge < -0.3 is 10.3 Å². The standard InChI is InChI=1S/C16H16FN3/c1-2-13(11-6-4-3-5-7-11)18-16-19-14-9-8-12(17)10-15(14)20-16/h3-10,13H,2H2,1H3,(H2,18,19,20). The predicted molar refractivity (Wildman–Crippen MR) is 79.1 cm³/mol. The van der Waals surface area contributed by atoms with Crippen LogP contribution >= 0.6 is 0 Å². The molecule has 3 aromatic rings. The molecule has 2 N–H and O–H groups in total. The molecule has 0 amide bonds. The summed E-state index contributed by atoms with van der Waals surface area (Å²) < 4.78 is 13.2. The van der Waals surface area contributed by atoms with E-state index in [4.69, 9.17) is 0 Å². The number of nitrogens with one attached hydrogen (secondary N) is 2. The van der Waals surface area contributed by atoms with Crippen LogP contribution in [0.15, 0.2) is 48.5 Å². The molecule has 0 aliphatic rings. The number of halogens is 1. The Morgan fingerprint density at radius 1 is 1.20 bits per heavy atom. The van der Waals surface area contributed by atoms with Crippen LogP contribution in [0.2, 0.25) is 0 Å². The number of fused-ring (bicyclic) bond motifs is 1. The highest BCUT2D eigenvalue weighted by Gasteiger charge is 2.11. The molecule has 0 spiro atoms. The van der Waals surface area contributed by atoms with E-state index in [-0.39, 0.29) is 11.9 Å². The van der Waals surface area contributed by atoms with Crippen molar-refractivity contribution >= 4 is 17.0 Å². The summed E-state index contributed by atoms with van der Waals surface area (Å²) in [5.41, 5.74) is 2.67. The molecule has 1 aromatic heterocycles. The van der Waals surface area contributed by atoms with Crippen molar-refractivity contribution in [2.24, 2.45) is 0 Å². The third-order valence-corrected chi connectivity index (χ3v) is 3.37. The number of nitrogens with zero attached hydrogens (tertiary/aromatic N) is 1. The number of imidazole rings is 1. The molecule has 3 rings (SSSR count). The zero-order chi connectivity index (χ0) is 13.9. The maximum Gasteiger partial charge on any atom is 0.201 e. The van der Waals surface area contributed by atoms with E-state index in [1.165, 1.54) is 17.7 Å². The number of rotatable bonds is 4. The number of anilines is 1. The molecule has 1 heterocycles. The molecule has 0 bridgehead atoms. The Labute approximate surface area is 116 Å². The summed E-state index contributed by atoms with van der Waals surface area (Å²) >= 11 is 0. The normalized spacial score (nSPS) is 12.5. The van der Waals surface area contributed by atoms with Gasteiger partial charge in [-0.3, -0.25) is 0 Å². The molecule has 2 aromatic carbocycles. The summed E-state index contributed by atoms with van der Waals surface area (Å²) in [6, 6.07) is 14.9. The highest BCUT2D eigenvalue weighted by Crippen LogP contribution is 2.22. The lowest BCUT2D eigenvalue weighted by Crippen LogP contribution is -2.10. The highest BCUT2D eigenvalue weighted by atomic mass is 19.1. The fourth-order valence-electron chi connectivity index (χ4n) is 2.32. The fraction of sp³-hybridized carbons (Fsp3) is 0.188. The minimum atomic E-state index is -0.261. The van der Waals surface area contributed by atoms with Crippen LogP contribution < -0.4 is 5.32 Å². The number of hydrogen-bond acceptors (Lipinski definition) is 2. The maximum absolute atomic E-state index is 13.2. The quantitative estimate of drug-likeness (QED) is 0.742. The summed E-state index contributed by atoms with van der Waals surface area (Å²) in [6.45, 7) is 2.12. The van der Waals surface area contributed by atoms with E-state index in [0.717, 1.165) is 11.9 Å². The van der Waals surface area contributed by atoms with Crippen LogP contribution in [0.4, 0.5) is 10.3 Å². The van der Waals surface area contributed by atoms with Gasteiger partial charge in [0.25, 0.3) is 0 Å². The first kappa shape index (κ1) is 12.7. The van der Waals surface area contributed by atoms with Crippen molar-refractivity contribution in [3.05, 3.63) is 59.9 Å². The first-order chi connectivity index (χ1) is 9.76. The van der Waals surface area contributed by atoms with E-state index in [9.17, 15) is 4.39 Å². The SMILES string of the molecule is CCC(Nc1nc2ccc(F)cc2[nH]1)c1ccccc1. The van der Waals surface area contributed by atoms with Gasteiger partial charge in [0.2, 0.25) is 5.95 Å². The van der Waals surface area contributed by atoms with Crippen LogP contribution in [0, 0.1) is 5.82 Å². The fourth-order valence-corrected chi connectivity index (χ4v) is 2.32. The minimum Gasteiger partial charge on any atom is -0.349 e. The summed E-state index contributed by atoms with van der Waals surface area (Å²) in [5.74, 6) is 0.407. The van der Waals surface area contributed by atoms with Gasteiger partial charge in [-0.2, -0.15) is 0 Å². The number of aromatic nitrogens is 2. The molecule has 0 aliphatic heterocycles. The molecule has 0 radical (unpaired) electrons. The average molecular weight is 269 g/mol. The third-order valence-electron chi connectivity index (χ3n) is 3.37. The lowest BCUT2D eigenvalue weighted by atomic mass is 10.1. The first-order valence-corrected chi connectivity index (χ1v) is 6.73. The van der Waals surface area contributed by atoms with Gasteiger partial charge in [-0.25, -0.2) is 9.37 Å². The molecule has 4 heteroatoms. The van der Waals surface area contributed by atoms with Crippen molar-refractivity contribution in [1.29, 1.82) is 0 Å². The second kappa shape index (κ2) is 5.33. The van der Waals surface area contributed by atoms with Gasteiger partial charge in [0.05, 0.1) is 17.1 Å². The molecule has 1 atom stereocenters. The lowest BCUT2D eigenvalue weighted by Gasteiger charge is -2.16. The third kappa shape index (κ3) is 2.50. The van der Waals surface area contributed by atoms with E-state index in [1.807, 2.05) is 18.2 Å². The van der Waals surface area contributed by atoms with Crippen molar-refractivity contribution in [3.63, 3.8) is 0 Å². The molecule has 102 valence electrons. The van der Waals surface area contributed by atoms with Crippen molar-refractivity contribution in [1.82, 2.24) is 9.97 Å². The number of aromatic amines is 1. The van der Waals surface area contributed by atoms with Crippen molar-refractivity contribution < 1.29 is 4.39 Å². The lowest BCUT2D eigenvalue weighted by molar-refractivity contribution is 0.629. The summed E-state index contributed by atoms with van der Waals surface area (Å²) in [6.07, 6.45) is 0.940. The molecule has 0 aliphatic carbocycles. The van der Waals surface area contributed by atoms with Crippen LogP contribution in [0.3, 0.4) is 0 Å². The monoisotopic (exact) mass is 269 g/mol. The summed E-state index contributed by atoms with van der Waals surface area (Å²) in [5, 5.41) is 3.36. The van der Waals surface area contributed by atoms with Gasteiger partial charge in [0, 0.05) is 0 Å². The topological polar surface area (TPSA) is 40.7 Å². The van der Waals surface area contributed by atoms with Crippen LogP contribution in [0.1, 0.15) is 24.9 Å². The Morgan fingerprint density at radius 2 is 2.00 bits per heavy atom. The molecule has 1 unspecified atom stereocenters. The van der Waals surface area contributed by atoms with Gasteiger partial charge in [-0.05, 0) is 30.2 Å². The van der Waals surface area contributed by atoms with Gasteiger partial charge in [0.15, 0.2) is 0 Å². The van der Waals surface area contributed by atoms with E-state index < -0.39 is 0 Å². The Balaban J connectivity index is 1.87. The predicted octanol–water partition coefficient (Wildman–Crippen LogP) is 4.27. The van der Waals surface area contributed by atoms with Gasteiger partial charge >= 0.3 is 0 Å². The number of H-pyrrole nitrogens is 1. The first-order valence-electron chi connectivity index (χ1n) is 6.73. The number of hydrogen-bond donors (Lipinski definition) is 2. The van der Waals surface area contributed by atoms with Crippen molar-refractivity contribution in [2.45, 2.75) is 19.4 Å². The number of benzene rings is 2. The average Bonchev–Trinajstić information content (AvgIpc) is 2.87. The smallest absolute Gasteiger partial charge is 0.201 e. The Hall–Kier alpha value is -2.36. The highest BCUT2D eigenvalue weighted by molar-refractivity contribution is 5.77. The molecule has 20 heavy (non-hydrogen) atoms. The molecule has 0 saturated carbocycles. The van der Waals surface area contributed by atoms with E-state index in [1.54, 1.807) is 6.07 Å². The van der Waals surface area contributed by atoms with Gasteiger partial charge in [-0.1, -0.05) is 37.3 Å². The molecule has 0 fully saturated rings. The maximum atomic E-state index is 13.2. The van der Waals surface area contributed by atoms with Crippen molar-refractivity contribution in [3.8, 4) is 0 Å². The van der Waals surface area contributed by atoms with E-state index >= 15 is 0 Å². The Bertz CT molecular complexity index is 706. The molecule has 0 saturated heterocycles. The Kier molecular flexibility index (Phi) is 3.37. The second-order valence-corrected chi connectivity index (χ2v) is 4.76. The Morgan fingerprint density at radius 3 is 2.75 bits per heavy atom. The molecular formula is C16H16FN3. The molecule has 3 nitrogen and oxygen atoms in total. The second-order valence-electron chi connectivity index (χ2n) is 4.76. The van der Waals surface area contributed by atoms with Gasteiger partial charge in [-0.15, -0.1) is 0 Å². The van der Waals surface area contributed by atoms with Crippen LogP contribution in [-0.2, 0) is 0 Å². The summed E-state index contributed by atoms with van der Waals surface area (Å²) in [4.78, 5) is 7.54. The van der Waals surface area contributed by atoms with Crippen LogP contribution in [0.25, 0.3) is 11.0 Å². The zero-order valence-electron chi connectivity index (χ0n) is 11.2.